The largest absolute Gasteiger partial charge is 0.311 e. The Morgan fingerprint density at radius 1 is 0.897 bits per heavy atom. The van der Waals surface area contributed by atoms with Crippen LogP contribution >= 0.6 is 70.6 Å². The Balaban J connectivity index is 0.000000444. The quantitative estimate of drug-likeness (QED) is 0.131. The molecule has 0 radical (unpaired) electrons. The fourth-order valence-electron chi connectivity index (χ4n) is 2.49. The van der Waals surface area contributed by atoms with Crippen molar-refractivity contribution in [2.45, 2.75) is 78.1 Å². The molecule has 2 rings (SSSR count). The van der Waals surface area contributed by atoms with Crippen molar-refractivity contribution in [3.05, 3.63) is 0 Å². The van der Waals surface area contributed by atoms with Crippen LogP contribution in [-0.4, -0.2) is 47.8 Å². The molecule has 0 bridgehead atoms. The first-order chi connectivity index (χ1) is 14.0. The van der Waals surface area contributed by atoms with Crippen molar-refractivity contribution in [1.82, 2.24) is 10.2 Å². The third kappa shape index (κ3) is 16.9. The molecule has 2 saturated heterocycles. The van der Waals surface area contributed by atoms with Crippen molar-refractivity contribution in [1.29, 1.82) is 0 Å². The number of thioether (sulfide) groups is 2. The summed E-state index contributed by atoms with van der Waals surface area (Å²) in [7, 11) is 0. The van der Waals surface area contributed by atoms with Crippen LogP contribution in [0.2, 0.25) is 0 Å². The summed E-state index contributed by atoms with van der Waals surface area (Å²) in [6.07, 6.45) is 13.2. The number of hydrogen-bond acceptors (Lipinski definition) is 6. The summed E-state index contributed by atoms with van der Waals surface area (Å²) in [5, 5.41) is 2.47. The highest BCUT2D eigenvalue weighted by atomic mass is 127. The molecule has 9 heteroatoms. The average molecular weight is 591 g/mol. The highest BCUT2D eigenvalue weighted by molar-refractivity contribution is 14.1. The van der Waals surface area contributed by atoms with Gasteiger partial charge in [0.2, 0.25) is 11.8 Å². The normalized spacial score (nSPS) is 15.6. The van der Waals surface area contributed by atoms with Gasteiger partial charge in [-0.15, -0.1) is 0 Å². The number of amides is 2. The summed E-state index contributed by atoms with van der Waals surface area (Å²) in [6, 6.07) is 0. The molecule has 1 N–H and O–H groups in total. The topological polar surface area (TPSA) is 49.4 Å². The summed E-state index contributed by atoms with van der Waals surface area (Å²) < 4.78 is 2.71. The minimum absolute atomic E-state index is 0.0231. The fraction of sp³-hybridized carbons (Fsp3) is 0.800. The maximum absolute atomic E-state index is 11.3. The van der Waals surface area contributed by atoms with Crippen LogP contribution in [0, 0.1) is 0 Å². The first kappa shape index (κ1) is 29.5. The summed E-state index contributed by atoms with van der Waals surface area (Å²) in [5.41, 5.74) is 0. The van der Waals surface area contributed by atoms with Crippen LogP contribution in [0.1, 0.15) is 78.1 Å². The van der Waals surface area contributed by atoms with Gasteiger partial charge >= 0.3 is 0 Å². The average Bonchev–Trinajstić information content (AvgIpc) is 3.24. The third-order valence-electron chi connectivity index (χ3n) is 4.14. The van der Waals surface area contributed by atoms with E-state index in [4.69, 9.17) is 12.2 Å². The zero-order chi connectivity index (χ0) is 21.9. The lowest BCUT2D eigenvalue weighted by atomic mass is 10.1. The van der Waals surface area contributed by atoms with Crippen LogP contribution in [0.25, 0.3) is 0 Å². The molecule has 2 aliphatic rings. The van der Waals surface area contributed by atoms with E-state index in [1.54, 1.807) is 4.90 Å². The van der Waals surface area contributed by atoms with E-state index in [0.717, 1.165) is 17.3 Å². The van der Waals surface area contributed by atoms with E-state index in [1.807, 2.05) is 0 Å². The minimum atomic E-state index is 0.0231. The molecule has 2 heterocycles. The van der Waals surface area contributed by atoms with Gasteiger partial charge in [-0.05, 0) is 17.3 Å². The Morgan fingerprint density at radius 3 is 1.86 bits per heavy atom. The Hall–Kier alpha value is 0.550. The van der Waals surface area contributed by atoms with Gasteiger partial charge in [-0.1, -0.05) is 136 Å². The van der Waals surface area contributed by atoms with Crippen LogP contribution in [0.5, 0.6) is 0 Å². The molecule has 2 aliphatic heterocycles. The number of carbonyl (C=O) groups is 2. The lowest BCUT2D eigenvalue weighted by Crippen LogP contribution is -2.29. The van der Waals surface area contributed by atoms with Gasteiger partial charge in [-0.25, -0.2) is 0 Å². The monoisotopic (exact) mass is 590 g/mol. The number of rotatable bonds is 11. The fourth-order valence-corrected chi connectivity index (χ4v) is 4.96. The van der Waals surface area contributed by atoms with Gasteiger partial charge < -0.3 is 5.32 Å². The van der Waals surface area contributed by atoms with Crippen molar-refractivity contribution >= 4 is 91.0 Å². The number of nitrogens with one attached hydrogen (secondary N) is 1. The van der Waals surface area contributed by atoms with E-state index in [2.05, 4.69) is 54.0 Å². The Kier molecular flexibility index (Phi) is 20.8. The molecule has 0 atom stereocenters. The van der Waals surface area contributed by atoms with Crippen LogP contribution in [0.4, 0.5) is 0 Å². The number of hydrogen-bond donors (Lipinski definition) is 1. The van der Waals surface area contributed by atoms with Gasteiger partial charge in [0.1, 0.15) is 8.64 Å². The Bertz CT molecular complexity index is 471. The van der Waals surface area contributed by atoms with Gasteiger partial charge in [0.05, 0.1) is 11.5 Å². The van der Waals surface area contributed by atoms with Crippen molar-refractivity contribution in [2.75, 3.05) is 22.5 Å². The highest BCUT2D eigenvalue weighted by Gasteiger charge is 2.25. The summed E-state index contributed by atoms with van der Waals surface area (Å²) >= 11 is 15.0. The zero-order valence-electron chi connectivity index (χ0n) is 17.7. The molecular formula is C20H35IN2O2S4. The number of nitrogens with zero attached hydrogens (tertiary/aromatic N) is 1. The lowest BCUT2D eigenvalue weighted by molar-refractivity contribution is -0.124. The van der Waals surface area contributed by atoms with E-state index in [-0.39, 0.29) is 11.8 Å². The van der Waals surface area contributed by atoms with E-state index in [9.17, 15) is 9.59 Å². The number of thiocarbonyl (C=S) groups is 2. The van der Waals surface area contributed by atoms with Crippen LogP contribution in [0.15, 0.2) is 0 Å². The molecule has 0 spiro atoms. The van der Waals surface area contributed by atoms with Crippen LogP contribution < -0.4 is 5.32 Å². The first-order valence-electron chi connectivity index (χ1n) is 10.5. The standard InChI is InChI=1S/C10H17NOS2.C7H15I.C3H3NOS2/c1-2-3-4-5-6-7-11-9(12)8-14-10(11)13;1-2-3-4-5-6-7-8;5-2-1-7-3(6)4-2/h2-8H2,1H3;2-7H2,1H3;1H2,(H,4,5,6). The molecule has 29 heavy (non-hydrogen) atoms. The molecule has 2 amide bonds. The number of alkyl halides is 1. The first-order valence-corrected chi connectivity index (χ1v) is 14.8. The summed E-state index contributed by atoms with van der Waals surface area (Å²) in [6.45, 7) is 5.29. The Labute approximate surface area is 210 Å². The number of carbonyl (C=O) groups excluding carboxylic acids is 2. The van der Waals surface area contributed by atoms with Crippen molar-refractivity contribution in [3.63, 3.8) is 0 Å². The second-order valence-corrected chi connectivity index (χ2v) is 11.1. The van der Waals surface area contributed by atoms with Crippen LogP contribution in [-0.2, 0) is 9.59 Å². The number of halogens is 1. The maximum Gasteiger partial charge on any atom is 0.238 e. The lowest BCUT2D eigenvalue weighted by Gasteiger charge is -2.14. The molecule has 2 fully saturated rings. The zero-order valence-corrected chi connectivity index (χ0v) is 23.1. The van der Waals surface area contributed by atoms with E-state index < -0.39 is 0 Å². The van der Waals surface area contributed by atoms with E-state index in [0.29, 0.717) is 15.8 Å². The Morgan fingerprint density at radius 2 is 1.48 bits per heavy atom. The molecule has 0 unspecified atom stereocenters. The molecule has 0 aromatic carbocycles. The predicted octanol–water partition coefficient (Wildman–Crippen LogP) is 6.34. The van der Waals surface area contributed by atoms with Gasteiger partial charge in [0.25, 0.3) is 0 Å². The van der Waals surface area contributed by atoms with Gasteiger partial charge in [0.15, 0.2) is 0 Å². The molecule has 0 aromatic rings. The summed E-state index contributed by atoms with van der Waals surface area (Å²) in [5.74, 6) is 1.26. The molecule has 0 saturated carbocycles. The van der Waals surface area contributed by atoms with Gasteiger partial charge in [-0.3, -0.25) is 14.5 Å². The second-order valence-electron chi connectivity index (χ2n) is 6.74. The molecule has 0 aromatic heterocycles. The minimum Gasteiger partial charge on any atom is -0.311 e. The third-order valence-corrected chi connectivity index (χ3v) is 7.56. The smallest absolute Gasteiger partial charge is 0.238 e. The molecule has 0 aliphatic carbocycles. The predicted molar refractivity (Wildman–Crippen MR) is 146 cm³/mol. The van der Waals surface area contributed by atoms with E-state index in [1.165, 1.54) is 85.7 Å². The molecule has 4 nitrogen and oxygen atoms in total. The number of unbranched alkanes of at least 4 members (excludes halogenated alkanes) is 8. The van der Waals surface area contributed by atoms with Crippen molar-refractivity contribution in [3.8, 4) is 0 Å². The molecular weight excluding hydrogens is 555 g/mol. The summed E-state index contributed by atoms with van der Waals surface area (Å²) in [4.78, 5) is 23.3. The SMILES string of the molecule is CCCCCCCI.CCCCCCCN1C(=O)CSC1=S.O=C1CSC(=S)N1. The van der Waals surface area contributed by atoms with Crippen molar-refractivity contribution < 1.29 is 9.59 Å². The van der Waals surface area contributed by atoms with E-state index >= 15 is 0 Å². The highest BCUT2D eigenvalue weighted by Crippen LogP contribution is 2.19. The maximum atomic E-state index is 11.3. The van der Waals surface area contributed by atoms with Gasteiger partial charge in [-0.2, -0.15) is 0 Å². The second kappa shape index (κ2) is 20.5. The van der Waals surface area contributed by atoms with Crippen molar-refractivity contribution in [2.24, 2.45) is 0 Å². The molecule has 168 valence electrons. The van der Waals surface area contributed by atoms with Gasteiger partial charge in [0, 0.05) is 6.54 Å². The van der Waals surface area contributed by atoms with Crippen LogP contribution in [0.3, 0.4) is 0 Å².